The molecule has 0 radical (unpaired) electrons. The number of Topliss-reactive ketones (excluding diaryl/α,β-unsaturated/α-hetero) is 1. The Morgan fingerprint density at radius 3 is 1.87 bits per heavy atom. The minimum absolute atomic E-state index is 0.166. The normalized spacial score (nSPS) is 10.3. The smallest absolute Gasteiger partial charge is 0.251 e. The van der Waals surface area contributed by atoms with E-state index >= 15 is 0 Å². The number of hydrogen-bond acceptors (Lipinski definition) is 5. The Morgan fingerprint density at radius 1 is 0.742 bits per heavy atom. The lowest BCUT2D eigenvalue weighted by atomic mass is 10.1. The molecular weight excluding hydrogens is 396 g/mol. The third-order valence-corrected chi connectivity index (χ3v) is 4.42. The molecule has 0 aliphatic rings. The van der Waals surface area contributed by atoms with E-state index in [1.807, 2.05) is 7.05 Å². The molecule has 0 bridgehead atoms. The molecule has 0 saturated carbocycles. The Balaban J connectivity index is 1.81. The van der Waals surface area contributed by atoms with E-state index in [1.54, 1.807) is 48.5 Å². The van der Waals surface area contributed by atoms with Gasteiger partial charge in [-0.25, -0.2) is 0 Å². The van der Waals surface area contributed by atoms with Crippen molar-refractivity contribution in [3.63, 3.8) is 0 Å². The minimum Gasteiger partial charge on any atom is -0.352 e. The monoisotopic (exact) mass is 424 g/mol. The van der Waals surface area contributed by atoms with E-state index in [0.29, 0.717) is 29.0 Å². The number of amides is 3. The van der Waals surface area contributed by atoms with Crippen molar-refractivity contribution in [3.8, 4) is 0 Å². The van der Waals surface area contributed by atoms with Crippen LogP contribution in [0.5, 0.6) is 0 Å². The highest BCUT2D eigenvalue weighted by Crippen LogP contribution is 2.13. The first-order chi connectivity index (χ1) is 14.9. The van der Waals surface area contributed by atoms with Crippen LogP contribution in [0.15, 0.2) is 48.5 Å². The van der Waals surface area contributed by atoms with Gasteiger partial charge in [0, 0.05) is 36.0 Å². The average molecular weight is 425 g/mol. The lowest BCUT2D eigenvalue weighted by Crippen LogP contribution is -2.25. The van der Waals surface area contributed by atoms with Crippen molar-refractivity contribution < 1.29 is 19.2 Å². The summed E-state index contributed by atoms with van der Waals surface area (Å²) in [6.07, 6.45) is 1.57. The summed E-state index contributed by atoms with van der Waals surface area (Å²) in [5.41, 5.74) is 1.97. The van der Waals surface area contributed by atoms with Gasteiger partial charge >= 0.3 is 0 Å². The van der Waals surface area contributed by atoms with Crippen LogP contribution in [0.25, 0.3) is 0 Å². The molecule has 0 unspecified atom stereocenters. The zero-order chi connectivity index (χ0) is 22.6. The van der Waals surface area contributed by atoms with Gasteiger partial charge in [0.2, 0.25) is 11.8 Å². The Labute approximate surface area is 181 Å². The zero-order valence-electron chi connectivity index (χ0n) is 17.8. The van der Waals surface area contributed by atoms with Crippen molar-refractivity contribution in [2.45, 2.75) is 26.2 Å². The van der Waals surface area contributed by atoms with Crippen molar-refractivity contribution in [2.75, 3.05) is 30.8 Å². The first-order valence-corrected chi connectivity index (χ1v) is 10.1. The summed E-state index contributed by atoms with van der Waals surface area (Å²) in [6.45, 7) is 2.91. The highest BCUT2D eigenvalue weighted by molar-refractivity contribution is 6.11. The van der Waals surface area contributed by atoms with Gasteiger partial charge in [0.1, 0.15) is 0 Å². The molecule has 8 heteroatoms. The fourth-order valence-electron chi connectivity index (χ4n) is 2.83. The molecule has 0 aliphatic carbocycles. The molecule has 8 nitrogen and oxygen atoms in total. The van der Waals surface area contributed by atoms with Crippen LogP contribution in [-0.2, 0) is 9.59 Å². The van der Waals surface area contributed by atoms with Crippen molar-refractivity contribution in [2.24, 2.45) is 0 Å². The molecule has 0 aliphatic heterocycles. The molecule has 2 aromatic carbocycles. The molecule has 0 fully saturated rings. The number of anilines is 2. The van der Waals surface area contributed by atoms with E-state index < -0.39 is 5.91 Å². The van der Waals surface area contributed by atoms with Gasteiger partial charge < -0.3 is 21.3 Å². The summed E-state index contributed by atoms with van der Waals surface area (Å²) in [4.78, 5) is 47.6. The molecule has 2 rings (SSSR count). The molecule has 0 atom stereocenters. The number of benzene rings is 2. The fourth-order valence-corrected chi connectivity index (χ4v) is 2.83. The van der Waals surface area contributed by atoms with E-state index in [9.17, 15) is 19.2 Å². The quantitative estimate of drug-likeness (QED) is 0.251. The third-order valence-electron chi connectivity index (χ3n) is 4.42. The fraction of sp³-hybridized carbons (Fsp3) is 0.304. The average Bonchev–Trinajstić information content (AvgIpc) is 2.74. The molecule has 4 N–H and O–H groups in total. The van der Waals surface area contributed by atoms with Gasteiger partial charge in [-0.3, -0.25) is 19.2 Å². The standard InChI is InChI=1S/C23H28N4O4/c1-16(28)26-19-9-5-17(6-10-19)21(29)15-22(30)27-20-11-7-18(8-12-20)23(31)25-14-4-3-13-24-2/h5-12,24H,3-4,13-15H2,1-2H3,(H,25,31)(H,26,28)(H,27,30). The molecule has 0 spiro atoms. The van der Waals surface area contributed by atoms with E-state index in [4.69, 9.17) is 0 Å². The first kappa shape index (κ1) is 23.8. The van der Waals surface area contributed by atoms with E-state index in [2.05, 4.69) is 21.3 Å². The lowest BCUT2D eigenvalue weighted by molar-refractivity contribution is -0.115. The Hall–Kier alpha value is -3.52. The molecule has 0 heterocycles. The van der Waals surface area contributed by atoms with Crippen LogP contribution in [0.1, 0.15) is 46.9 Å². The lowest BCUT2D eigenvalue weighted by Gasteiger charge is -2.08. The van der Waals surface area contributed by atoms with Crippen LogP contribution in [-0.4, -0.2) is 43.6 Å². The molecule has 0 saturated heterocycles. The summed E-state index contributed by atoms with van der Waals surface area (Å²) in [6, 6.07) is 12.8. The zero-order valence-corrected chi connectivity index (χ0v) is 17.8. The Morgan fingerprint density at radius 2 is 1.29 bits per heavy atom. The number of unbranched alkanes of at least 4 members (excludes halogenated alkanes) is 1. The molecule has 31 heavy (non-hydrogen) atoms. The van der Waals surface area contributed by atoms with Crippen molar-refractivity contribution in [1.82, 2.24) is 10.6 Å². The minimum atomic E-state index is -0.447. The summed E-state index contributed by atoms with van der Waals surface area (Å²) in [5, 5.41) is 11.2. The predicted molar refractivity (Wildman–Crippen MR) is 120 cm³/mol. The Bertz CT molecular complexity index is 908. The van der Waals surface area contributed by atoms with Gasteiger partial charge in [0.05, 0.1) is 6.42 Å². The van der Waals surface area contributed by atoms with Crippen LogP contribution in [0.2, 0.25) is 0 Å². The van der Waals surface area contributed by atoms with Gasteiger partial charge in [-0.15, -0.1) is 0 Å². The maximum Gasteiger partial charge on any atom is 0.251 e. The maximum atomic E-state index is 12.3. The summed E-state index contributed by atoms with van der Waals surface area (Å²) in [7, 11) is 1.89. The first-order valence-electron chi connectivity index (χ1n) is 10.1. The second-order valence-corrected chi connectivity index (χ2v) is 7.05. The predicted octanol–water partition coefficient (Wildman–Crippen LogP) is 2.59. The summed E-state index contributed by atoms with van der Waals surface area (Å²) in [5.74, 6) is -1.15. The van der Waals surface area contributed by atoms with Gasteiger partial charge in [0.25, 0.3) is 5.91 Å². The van der Waals surface area contributed by atoms with Crippen molar-refractivity contribution in [1.29, 1.82) is 0 Å². The van der Waals surface area contributed by atoms with Gasteiger partial charge in [-0.1, -0.05) is 0 Å². The number of nitrogens with one attached hydrogen (secondary N) is 4. The van der Waals surface area contributed by atoms with Gasteiger partial charge in [-0.2, -0.15) is 0 Å². The number of hydrogen-bond donors (Lipinski definition) is 4. The summed E-state index contributed by atoms with van der Waals surface area (Å²) >= 11 is 0. The molecule has 3 amide bonds. The van der Waals surface area contributed by atoms with E-state index in [0.717, 1.165) is 19.4 Å². The van der Waals surface area contributed by atoms with E-state index in [1.165, 1.54) is 6.92 Å². The number of rotatable bonds is 11. The number of carbonyl (C=O) groups is 4. The van der Waals surface area contributed by atoms with Crippen LogP contribution < -0.4 is 21.3 Å². The van der Waals surface area contributed by atoms with Crippen molar-refractivity contribution >= 4 is 34.9 Å². The third kappa shape index (κ3) is 8.39. The van der Waals surface area contributed by atoms with Crippen LogP contribution in [0.3, 0.4) is 0 Å². The largest absolute Gasteiger partial charge is 0.352 e. The van der Waals surface area contributed by atoms with Gasteiger partial charge in [-0.05, 0) is 75.0 Å². The second kappa shape index (κ2) is 12.2. The highest BCUT2D eigenvalue weighted by Gasteiger charge is 2.13. The Kier molecular flexibility index (Phi) is 9.38. The summed E-state index contributed by atoms with van der Waals surface area (Å²) < 4.78 is 0. The SMILES string of the molecule is CNCCCCNC(=O)c1ccc(NC(=O)CC(=O)c2ccc(NC(C)=O)cc2)cc1. The van der Waals surface area contributed by atoms with Gasteiger partial charge in [0.15, 0.2) is 5.78 Å². The van der Waals surface area contributed by atoms with E-state index in [-0.39, 0.29) is 24.0 Å². The molecule has 2 aromatic rings. The highest BCUT2D eigenvalue weighted by atomic mass is 16.2. The molecule has 0 aromatic heterocycles. The number of carbonyl (C=O) groups excluding carboxylic acids is 4. The molecule has 164 valence electrons. The van der Waals surface area contributed by atoms with Crippen LogP contribution in [0.4, 0.5) is 11.4 Å². The van der Waals surface area contributed by atoms with Crippen LogP contribution >= 0.6 is 0 Å². The molecular formula is C23H28N4O4. The maximum absolute atomic E-state index is 12.3. The van der Waals surface area contributed by atoms with Crippen molar-refractivity contribution in [3.05, 3.63) is 59.7 Å². The van der Waals surface area contributed by atoms with Crippen LogP contribution in [0, 0.1) is 0 Å². The number of ketones is 1. The topological polar surface area (TPSA) is 116 Å². The second-order valence-electron chi connectivity index (χ2n) is 7.05.